The van der Waals surface area contributed by atoms with Crippen LogP contribution in [0.4, 0.5) is 4.79 Å². The molecule has 0 aromatic heterocycles. The zero-order valence-corrected chi connectivity index (χ0v) is 20.4. The van der Waals surface area contributed by atoms with Gasteiger partial charge >= 0.3 is 6.09 Å². The molecule has 1 amide bonds. The molecule has 0 spiro atoms. The normalized spacial score (nSPS) is 27.4. The minimum absolute atomic E-state index is 0.0824. The summed E-state index contributed by atoms with van der Waals surface area (Å²) in [5, 5.41) is 10.4. The maximum Gasteiger partial charge on any atom is 0.408 e. The number of hydrogen-bond donors (Lipinski definition) is 1. The van der Waals surface area contributed by atoms with Crippen LogP contribution < -0.4 is 0 Å². The molecular weight excluding hydrogens is 408 g/mol. The number of aryl methyl sites for hydroxylation is 1. The van der Waals surface area contributed by atoms with Gasteiger partial charge in [0.2, 0.25) is 0 Å². The van der Waals surface area contributed by atoms with Crippen molar-refractivity contribution >= 4 is 6.09 Å². The van der Waals surface area contributed by atoms with Crippen LogP contribution in [0.3, 0.4) is 0 Å². The van der Waals surface area contributed by atoms with Crippen molar-refractivity contribution in [2.75, 3.05) is 19.6 Å². The third-order valence-electron chi connectivity index (χ3n) is 8.41. The Morgan fingerprint density at radius 1 is 1.09 bits per heavy atom. The molecule has 33 heavy (non-hydrogen) atoms. The lowest BCUT2D eigenvalue weighted by molar-refractivity contribution is -0.0267. The van der Waals surface area contributed by atoms with Crippen molar-refractivity contribution in [1.82, 2.24) is 9.80 Å². The lowest BCUT2D eigenvalue weighted by atomic mass is 9.79. The molecule has 1 aliphatic carbocycles. The van der Waals surface area contributed by atoms with Crippen molar-refractivity contribution in [3.05, 3.63) is 59.2 Å². The quantitative estimate of drug-likeness (QED) is 0.559. The SMILES string of the molecule is CCCCc1ccc(-c2ccc3c(c2)CC(C)(C)[C@H]3N(C(=O)O)[C@@H]2CN3CCC2CC3)cc1. The average molecular weight is 447 g/mol. The molecule has 4 aliphatic rings. The monoisotopic (exact) mass is 446 g/mol. The predicted octanol–water partition coefficient (Wildman–Crippen LogP) is 6.39. The Bertz CT molecular complexity index is 1000. The van der Waals surface area contributed by atoms with Crippen LogP contribution in [0, 0.1) is 11.3 Å². The van der Waals surface area contributed by atoms with Gasteiger partial charge in [0.15, 0.2) is 0 Å². The summed E-state index contributed by atoms with van der Waals surface area (Å²) in [6.07, 6.45) is 6.00. The van der Waals surface area contributed by atoms with Crippen LogP contribution in [0.1, 0.15) is 69.2 Å². The highest BCUT2D eigenvalue weighted by molar-refractivity contribution is 5.69. The third kappa shape index (κ3) is 4.19. The Hall–Kier alpha value is -2.33. The highest BCUT2D eigenvalue weighted by atomic mass is 16.4. The first-order chi connectivity index (χ1) is 15.9. The third-order valence-corrected chi connectivity index (χ3v) is 8.41. The summed E-state index contributed by atoms with van der Waals surface area (Å²) >= 11 is 0. The fourth-order valence-electron chi connectivity index (χ4n) is 6.68. The van der Waals surface area contributed by atoms with Crippen LogP contribution in [-0.2, 0) is 12.8 Å². The minimum atomic E-state index is -0.758. The number of benzene rings is 2. The topological polar surface area (TPSA) is 43.8 Å². The number of amides is 1. The average Bonchev–Trinajstić information content (AvgIpc) is 3.08. The van der Waals surface area contributed by atoms with E-state index >= 15 is 0 Å². The van der Waals surface area contributed by atoms with Crippen LogP contribution in [0.25, 0.3) is 11.1 Å². The summed E-state index contributed by atoms with van der Waals surface area (Å²) in [5.41, 5.74) is 6.28. The summed E-state index contributed by atoms with van der Waals surface area (Å²) in [5.74, 6) is 0.497. The van der Waals surface area contributed by atoms with Crippen molar-refractivity contribution < 1.29 is 9.90 Å². The smallest absolute Gasteiger partial charge is 0.408 e. The number of fused-ring (bicyclic) bond motifs is 4. The standard InChI is InChI=1S/C29H38N2O2/c1-4-5-6-20-7-9-21(10-8-20)23-11-12-25-24(17-23)18-29(2,3)27(25)31(28(32)33)26-19-30-15-13-22(26)14-16-30/h7-12,17,22,26-27H,4-6,13-16,18-19H2,1-3H3,(H,32,33)/t26-,27+/m1/s1. The zero-order valence-electron chi connectivity index (χ0n) is 20.4. The molecule has 1 N–H and O–H groups in total. The molecule has 3 saturated heterocycles. The molecular formula is C29H38N2O2. The number of rotatable bonds is 6. The molecule has 0 saturated carbocycles. The summed E-state index contributed by atoms with van der Waals surface area (Å²) < 4.78 is 0. The van der Waals surface area contributed by atoms with E-state index in [4.69, 9.17) is 0 Å². The second-order valence-corrected chi connectivity index (χ2v) is 11.2. The lowest BCUT2D eigenvalue weighted by Gasteiger charge is -2.51. The van der Waals surface area contributed by atoms with Crippen molar-refractivity contribution in [2.24, 2.45) is 11.3 Å². The number of carbonyl (C=O) groups is 1. The number of carboxylic acid groups (broad SMARTS) is 1. The van der Waals surface area contributed by atoms with Gasteiger partial charge in [-0.1, -0.05) is 69.7 Å². The predicted molar refractivity (Wildman–Crippen MR) is 134 cm³/mol. The minimum Gasteiger partial charge on any atom is -0.465 e. The molecule has 3 heterocycles. The van der Waals surface area contributed by atoms with Crippen LogP contribution in [0.15, 0.2) is 42.5 Å². The van der Waals surface area contributed by atoms with Gasteiger partial charge in [0.25, 0.3) is 0 Å². The molecule has 4 heteroatoms. The molecule has 176 valence electrons. The molecule has 2 aromatic rings. The summed E-state index contributed by atoms with van der Waals surface area (Å²) in [4.78, 5) is 17.0. The molecule has 3 aliphatic heterocycles. The van der Waals surface area contributed by atoms with Crippen molar-refractivity contribution in [3.8, 4) is 11.1 Å². The van der Waals surface area contributed by atoms with Crippen LogP contribution >= 0.6 is 0 Å². The maximum absolute atomic E-state index is 12.7. The summed E-state index contributed by atoms with van der Waals surface area (Å²) in [6.45, 7) is 9.87. The maximum atomic E-state index is 12.7. The van der Waals surface area contributed by atoms with E-state index in [0.29, 0.717) is 5.92 Å². The Balaban J connectivity index is 1.45. The van der Waals surface area contributed by atoms with Gasteiger partial charge in [-0.05, 0) is 84.3 Å². The van der Waals surface area contributed by atoms with E-state index in [0.717, 1.165) is 45.3 Å². The molecule has 2 aromatic carbocycles. The summed E-state index contributed by atoms with van der Waals surface area (Å²) in [6, 6.07) is 15.7. The first-order valence-corrected chi connectivity index (χ1v) is 12.8. The van der Waals surface area contributed by atoms with Gasteiger partial charge in [0.1, 0.15) is 0 Å². The highest BCUT2D eigenvalue weighted by Crippen LogP contribution is 2.51. The molecule has 0 radical (unpaired) electrons. The molecule has 4 nitrogen and oxygen atoms in total. The molecule has 0 unspecified atom stereocenters. The Labute approximate surface area is 198 Å². The second-order valence-electron chi connectivity index (χ2n) is 11.2. The Morgan fingerprint density at radius 3 is 2.39 bits per heavy atom. The van der Waals surface area contributed by atoms with Gasteiger partial charge in [-0.25, -0.2) is 4.79 Å². The Kier molecular flexibility index (Phi) is 5.98. The number of unbranched alkanes of at least 4 members (excludes halogenated alkanes) is 1. The number of nitrogens with zero attached hydrogens (tertiary/aromatic N) is 2. The van der Waals surface area contributed by atoms with Gasteiger partial charge in [0.05, 0.1) is 12.1 Å². The fourth-order valence-corrected chi connectivity index (χ4v) is 6.68. The van der Waals surface area contributed by atoms with Gasteiger partial charge in [-0.15, -0.1) is 0 Å². The van der Waals surface area contributed by atoms with Crippen LogP contribution in [0.5, 0.6) is 0 Å². The fraction of sp³-hybridized carbons (Fsp3) is 0.552. The van der Waals surface area contributed by atoms with E-state index in [1.54, 1.807) is 0 Å². The van der Waals surface area contributed by atoms with Gasteiger partial charge < -0.3 is 10.0 Å². The zero-order chi connectivity index (χ0) is 23.2. The molecule has 6 rings (SSSR count). The van der Waals surface area contributed by atoms with E-state index in [1.807, 2.05) is 4.90 Å². The van der Waals surface area contributed by atoms with Crippen molar-refractivity contribution in [3.63, 3.8) is 0 Å². The first kappa shape index (κ1) is 22.5. The van der Waals surface area contributed by atoms with Crippen molar-refractivity contribution in [1.29, 1.82) is 0 Å². The number of hydrogen-bond acceptors (Lipinski definition) is 2. The van der Waals surface area contributed by atoms with Gasteiger partial charge in [0, 0.05) is 6.54 Å². The molecule has 2 atom stereocenters. The van der Waals surface area contributed by atoms with E-state index < -0.39 is 6.09 Å². The molecule has 2 bridgehead atoms. The second kappa shape index (κ2) is 8.79. The van der Waals surface area contributed by atoms with Gasteiger partial charge in [-0.2, -0.15) is 0 Å². The van der Waals surface area contributed by atoms with E-state index in [2.05, 4.69) is 68.1 Å². The summed E-state index contributed by atoms with van der Waals surface area (Å²) in [7, 11) is 0. The first-order valence-electron chi connectivity index (χ1n) is 12.8. The highest BCUT2D eigenvalue weighted by Gasteiger charge is 2.50. The van der Waals surface area contributed by atoms with Crippen LogP contribution in [0.2, 0.25) is 0 Å². The Morgan fingerprint density at radius 2 is 1.79 bits per heavy atom. The van der Waals surface area contributed by atoms with Crippen LogP contribution in [-0.4, -0.2) is 46.7 Å². The number of piperidine rings is 3. The van der Waals surface area contributed by atoms with Gasteiger partial charge in [-0.3, -0.25) is 4.90 Å². The van der Waals surface area contributed by atoms with E-state index in [9.17, 15) is 9.90 Å². The van der Waals surface area contributed by atoms with E-state index in [1.165, 1.54) is 40.7 Å². The molecule has 3 fully saturated rings. The lowest BCUT2D eigenvalue weighted by Crippen LogP contribution is -2.60. The largest absolute Gasteiger partial charge is 0.465 e. The van der Waals surface area contributed by atoms with Crippen molar-refractivity contribution in [2.45, 2.75) is 71.4 Å². The van der Waals surface area contributed by atoms with E-state index in [-0.39, 0.29) is 17.5 Å².